The summed E-state index contributed by atoms with van der Waals surface area (Å²) in [6, 6.07) is 2.69. The quantitative estimate of drug-likeness (QED) is 0.592. The number of carbonyl (C=O) groups excluding carboxylic acids is 1. The van der Waals surface area contributed by atoms with Gasteiger partial charge in [0, 0.05) is 31.9 Å². The van der Waals surface area contributed by atoms with E-state index in [2.05, 4.69) is 22.2 Å². The Kier molecular flexibility index (Phi) is 6.34. The second kappa shape index (κ2) is 8.47. The Bertz CT molecular complexity index is 553. The van der Waals surface area contributed by atoms with Gasteiger partial charge in [-0.15, -0.1) is 0 Å². The molecule has 7 heteroatoms. The summed E-state index contributed by atoms with van der Waals surface area (Å²) in [4.78, 5) is 17.7. The summed E-state index contributed by atoms with van der Waals surface area (Å²) < 4.78 is 19.0. The first-order valence-electron chi connectivity index (χ1n) is 7.68. The molecule has 0 bridgehead atoms. The number of carbonyl (C=O) groups is 1. The fourth-order valence-corrected chi connectivity index (χ4v) is 2.40. The highest BCUT2D eigenvalue weighted by Crippen LogP contribution is 2.20. The van der Waals surface area contributed by atoms with Gasteiger partial charge in [-0.2, -0.15) is 0 Å². The molecular weight excluding hydrogens is 299 g/mol. The Balaban J connectivity index is 1.68. The number of aromatic nitrogens is 1. The second-order valence-electron chi connectivity index (χ2n) is 5.65. The summed E-state index contributed by atoms with van der Waals surface area (Å²) >= 11 is 0. The number of halogens is 1. The van der Waals surface area contributed by atoms with Gasteiger partial charge in [0.25, 0.3) is 0 Å². The molecule has 126 valence electrons. The van der Waals surface area contributed by atoms with Crippen molar-refractivity contribution < 1.29 is 13.9 Å². The lowest BCUT2D eigenvalue weighted by molar-refractivity contribution is 0.157. The molecule has 0 aliphatic carbocycles. The molecule has 23 heavy (non-hydrogen) atoms. The van der Waals surface area contributed by atoms with E-state index in [1.165, 1.54) is 6.07 Å². The number of nitrogens with one attached hydrogen (secondary N) is 2. The van der Waals surface area contributed by atoms with E-state index in [0.29, 0.717) is 38.7 Å². The third kappa shape index (κ3) is 5.52. The molecule has 0 spiro atoms. The van der Waals surface area contributed by atoms with Gasteiger partial charge in [0.2, 0.25) is 0 Å². The average molecular weight is 322 g/mol. The van der Waals surface area contributed by atoms with Gasteiger partial charge in [0.15, 0.2) is 11.6 Å². The molecule has 0 aromatic carbocycles. The number of amides is 2. The topological polar surface area (TPSA) is 66.5 Å². The minimum atomic E-state index is -0.340. The lowest BCUT2D eigenvalue weighted by Crippen LogP contribution is -2.44. The van der Waals surface area contributed by atoms with Crippen LogP contribution in [-0.2, 0) is 4.74 Å². The fourth-order valence-electron chi connectivity index (χ4n) is 2.40. The van der Waals surface area contributed by atoms with Gasteiger partial charge in [-0.25, -0.2) is 14.2 Å². The molecule has 2 N–H and O–H groups in total. The van der Waals surface area contributed by atoms with Gasteiger partial charge < -0.3 is 20.3 Å². The third-order valence-corrected chi connectivity index (χ3v) is 3.44. The largest absolute Gasteiger partial charge is 0.375 e. The van der Waals surface area contributed by atoms with Crippen LogP contribution in [-0.4, -0.2) is 49.9 Å². The average Bonchev–Trinajstić information content (AvgIpc) is 2.95. The predicted octanol–water partition coefficient (Wildman–Crippen LogP) is 1.69. The first-order valence-corrected chi connectivity index (χ1v) is 7.68. The molecule has 1 aliphatic rings. The minimum absolute atomic E-state index is 0.0206. The zero-order valence-electron chi connectivity index (χ0n) is 13.3. The van der Waals surface area contributed by atoms with E-state index in [9.17, 15) is 9.18 Å². The number of rotatable bonds is 7. The molecule has 2 heterocycles. The fraction of sp³-hybridized carbons (Fsp3) is 0.500. The predicted molar refractivity (Wildman–Crippen MR) is 87.0 cm³/mol. The smallest absolute Gasteiger partial charge is 0.315 e. The number of hydrogen-bond acceptors (Lipinski definition) is 4. The summed E-state index contributed by atoms with van der Waals surface area (Å²) in [5.41, 5.74) is 0.947. The van der Waals surface area contributed by atoms with Gasteiger partial charge in [-0.3, -0.25) is 0 Å². The molecule has 1 fully saturated rings. The second-order valence-corrected chi connectivity index (χ2v) is 5.65. The summed E-state index contributed by atoms with van der Waals surface area (Å²) in [5, 5.41) is 5.62. The molecule has 0 unspecified atom stereocenters. The number of ether oxygens (including phenoxy) is 1. The van der Waals surface area contributed by atoms with Crippen LogP contribution in [0, 0.1) is 5.82 Å². The zero-order chi connectivity index (χ0) is 16.7. The highest BCUT2D eigenvalue weighted by molar-refractivity contribution is 5.74. The maximum Gasteiger partial charge on any atom is 0.315 e. The van der Waals surface area contributed by atoms with Crippen LogP contribution in [0.4, 0.5) is 15.0 Å². The first-order chi connectivity index (χ1) is 11.1. The highest BCUT2D eigenvalue weighted by Gasteiger charge is 2.26. The molecule has 1 aromatic rings. The molecule has 1 saturated heterocycles. The summed E-state index contributed by atoms with van der Waals surface area (Å²) in [6.07, 6.45) is 2.33. The van der Waals surface area contributed by atoms with Crippen molar-refractivity contribution in [3.8, 4) is 0 Å². The van der Waals surface area contributed by atoms with Crippen LogP contribution in [0.25, 0.3) is 0 Å². The first kappa shape index (κ1) is 17.2. The molecule has 0 saturated carbocycles. The normalized spacial score (nSPS) is 17.1. The summed E-state index contributed by atoms with van der Waals surface area (Å²) in [6.45, 7) is 8.21. The van der Waals surface area contributed by atoms with Crippen molar-refractivity contribution >= 4 is 11.8 Å². The van der Waals surface area contributed by atoms with Crippen LogP contribution in [0.2, 0.25) is 0 Å². The van der Waals surface area contributed by atoms with Gasteiger partial charge in [-0.1, -0.05) is 12.2 Å². The number of hydrogen-bond donors (Lipinski definition) is 2. The molecule has 0 radical (unpaired) electrons. The van der Waals surface area contributed by atoms with Crippen molar-refractivity contribution in [1.82, 2.24) is 15.6 Å². The van der Waals surface area contributed by atoms with Crippen LogP contribution < -0.4 is 15.5 Å². The molecule has 1 aliphatic heterocycles. The molecule has 1 aromatic heterocycles. The number of pyridine rings is 1. The van der Waals surface area contributed by atoms with Crippen molar-refractivity contribution in [3.63, 3.8) is 0 Å². The standard InChI is InChI=1S/C16H23FN4O2/c1-12(2)11-23-9-7-19-16(22)20-13-5-8-21(10-13)15-14(17)4-3-6-18-15/h3-4,6,13H,1,5,7-11H2,2H3,(H2,19,20,22)/t13-/m1/s1. The Hall–Kier alpha value is -2.15. The SMILES string of the molecule is C=C(C)COCCNC(=O)N[C@@H]1CCN(c2ncccc2F)C1. The maximum absolute atomic E-state index is 13.7. The van der Waals surface area contributed by atoms with E-state index in [1.807, 2.05) is 11.8 Å². The van der Waals surface area contributed by atoms with Gasteiger partial charge in [0.1, 0.15) is 0 Å². The van der Waals surface area contributed by atoms with Gasteiger partial charge in [0.05, 0.1) is 13.2 Å². The molecular formula is C16H23FN4O2. The number of urea groups is 1. The lowest BCUT2D eigenvalue weighted by Gasteiger charge is -2.18. The van der Waals surface area contributed by atoms with E-state index in [4.69, 9.17) is 4.74 Å². The van der Waals surface area contributed by atoms with Gasteiger partial charge >= 0.3 is 6.03 Å². The van der Waals surface area contributed by atoms with E-state index < -0.39 is 0 Å². The van der Waals surface area contributed by atoms with E-state index in [1.54, 1.807) is 12.3 Å². The Morgan fingerprint density at radius 2 is 2.43 bits per heavy atom. The maximum atomic E-state index is 13.7. The molecule has 1 atom stereocenters. The van der Waals surface area contributed by atoms with E-state index in [0.717, 1.165) is 12.0 Å². The van der Waals surface area contributed by atoms with E-state index >= 15 is 0 Å². The lowest BCUT2D eigenvalue weighted by atomic mass is 10.3. The van der Waals surface area contributed by atoms with Crippen molar-refractivity contribution in [3.05, 3.63) is 36.3 Å². The Morgan fingerprint density at radius 1 is 1.61 bits per heavy atom. The van der Waals surface area contributed by atoms with Crippen molar-refractivity contribution in [2.24, 2.45) is 0 Å². The monoisotopic (exact) mass is 322 g/mol. The van der Waals surface area contributed by atoms with Crippen LogP contribution >= 0.6 is 0 Å². The zero-order valence-corrected chi connectivity index (χ0v) is 13.3. The highest BCUT2D eigenvalue weighted by atomic mass is 19.1. The summed E-state index contributed by atoms with van der Waals surface area (Å²) in [7, 11) is 0. The van der Waals surface area contributed by atoms with Crippen LogP contribution in [0.15, 0.2) is 30.5 Å². The number of anilines is 1. The van der Waals surface area contributed by atoms with Crippen LogP contribution in [0.5, 0.6) is 0 Å². The third-order valence-electron chi connectivity index (χ3n) is 3.44. The van der Waals surface area contributed by atoms with Gasteiger partial charge in [-0.05, 0) is 25.5 Å². The van der Waals surface area contributed by atoms with Crippen molar-refractivity contribution in [1.29, 1.82) is 0 Å². The Labute approximate surface area is 135 Å². The molecule has 2 rings (SSSR count). The van der Waals surface area contributed by atoms with Crippen LogP contribution in [0.1, 0.15) is 13.3 Å². The van der Waals surface area contributed by atoms with Crippen molar-refractivity contribution in [2.75, 3.05) is 37.7 Å². The number of nitrogens with zero attached hydrogens (tertiary/aromatic N) is 2. The summed E-state index contributed by atoms with van der Waals surface area (Å²) in [5.74, 6) is -0.00216. The van der Waals surface area contributed by atoms with E-state index in [-0.39, 0.29) is 17.9 Å². The minimum Gasteiger partial charge on any atom is -0.375 e. The molecule has 2 amide bonds. The molecule has 6 nitrogen and oxygen atoms in total. The van der Waals surface area contributed by atoms with Crippen molar-refractivity contribution in [2.45, 2.75) is 19.4 Å². The van der Waals surface area contributed by atoms with Crippen LogP contribution in [0.3, 0.4) is 0 Å². The Morgan fingerprint density at radius 3 is 3.17 bits per heavy atom.